The summed E-state index contributed by atoms with van der Waals surface area (Å²) in [4.78, 5) is 11.4. The van der Waals surface area contributed by atoms with Crippen LogP contribution in [0.4, 0.5) is 0 Å². The van der Waals surface area contributed by atoms with Crippen molar-refractivity contribution in [2.45, 2.75) is 0 Å². The molecule has 0 heterocycles. The molecule has 18 heavy (non-hydrogen) atoms. The average Bonchev–Trinajstić information content (AvgIpc) is 2.43. The van der Waals surface area contributed by atoms with Gasteiger partial charge < -0.3 is 14.8 Å². The molecule has 0 aliphatic heterocycles. The van der Waals surface area contributed by atoms with E-state index >= 15 is 0 Å². The standard InChI is InChI=1S/C13H14N2O3/c1-15-13(16)10(8-14)4-9-5-11(17-2)7-12(6-9)18-3/h4-7H,1-3H3,(H,15,16)/b10-4+. The first-order chi connectivity index (χ1) is 8.64. The van der Waals surface area contributed by atoms with Gasteiger partial charge in [0, 0.05) is 13.1 Å². The maximum absolute atomic E-state index is 11.4. The number of benzene rings is 1. The van der Waals surface area contributed by atoms with E-state index in [0.29, 0.717) is 17.1 Å². The molecule has 5 nitrogen and oxygen atoms in total. The number of amides is 1. The number of methoxy groups -OCH3 is 2. The lowest BCUT2D eigenvalue weighted by Crippen LogP contribution is -2.19. The first-order valence-corrected chi connectivity index (χ1v) is 5.21. The summed E-state index contributed by atoms with van der Waals surface area (Å²) in [7, 11) is 4.54. The number of likely N-dealkylation sites (N-methyl/N-ethyl adjacent to an activating group) is 1. The summed E-state index contributed by atoms with van der Waals surface area (Å²) >= 11 is 0. The normalized spacial score (nSPS) is 10.4. The predicted molar refractivity (Wildman–Crippen MR) is 67.2 cm³/mol. The Bertz CT molecular complexity index is 493. The van der Waals surface area contributed by atoms with E-state index in [2.05, 4.69) is 5.32 Å². The number of nitrogens with one attached hydrogen (secondary N) is 1. The molecule has 94 valence electrons. The Labute approximate surface area is 106 Å². The molecule has 0 spiro atoms. The van der Waals surface area contributed by atoms with E-state index in [4.69, 9.17) is 14.7 Å². The molecule has 0 atom stereocenters. The second-order valence-corrected chi connectivity index (χ2v) is 3.39. The van der Waals surface area contributed by atoms with E-state index in [9.17, 15) is 4.79 Å². The van der Waals surface area contributed by atoms with Gasteiger partial charge in [0.2, 0.25) is 0 Å². The number of rotatable bonds is 4. The third kappa shape index (κ3) is 3.25. The number of nitrogens with zero attached hydrogens (tertiary/aromatic N) is 1. The van der Waals surface area contributed by atoms with Crippen LogP contribution in [0.3, 0.4) is 0 Å². The molecule has 1 rings (SSSR count). The molecule has 0 aromatic heterocycles. The summed E-state index contributed by atoms with van der Waals surface area (Å²) in [6, 6.07) is 6.98. The minimum Gasteiger partial charge on any atom is -0.497 e. The van der Waals surface area contributed by atoms with Crippen LogP contribution in [0, 0.1) is 11.3 Å². The SMILES string of the molecule is CNC(=O)/C(C#N)=C/c1cc(OC)cc(OC)c1. The van der Waals surface area contributed by atoms with Crippen LogP contribution in [0.15, 0.2) is 23.8 Å². The Morgan fingerprint density at radius 3 is 2.22 bits per heavy atom. The van der Waals surface area contributed by atoms with Crippen LogP contribution in [0.25, 0.3) is 6.08 Å². The van der Waals surface area contributed by atoms with Gasteiger partial charge in [-0.3, -0.25) is 4.79 Å². The molecule has 0 bridgehead atoms. The van der Waals surface area contributed by atoms with Gasteiger partial charge in [-0.25, -0.2) is 0 Å². The highest BCUT2D eigenvalue weighted by Crippen LogP contribution is 2.23. The molecule has 1 N–H and O–H groups in total. The van der Waals surface area contributed by atoms with Crippen molar-refractivity contribution in [3.05, 3.63) is 29.3 Å². The summed E-state index contributed by atoms with van der Waals surface area (Å²) in [6.07, 6.45) is 1.48. The van der Waals surface area contributed by atoms with Crippen molar-refractivity contribution in [3.63, 3.8) is 0 Å². The zero-order chi connectivity index (χ0) is 13.5. The lowest BCUT2D eigenvalue weighted by molar-refractivity contribution is -0.116. The quantitative estimate of drug-likeness (QED) is 0.643. The monoisotopic (exact) mass is 246 g/mol. The minimum atomic E-state index is -0.431. The summed E-state index contributed by atoms with van der Waals surface area (Å²) < 4.78 is 10.2. The first kappa shape index (κ1) is 13.6. The van der Waals surface area contributed by atoms with Crippen LogP contribution >= 0.6 is 0 Å². The van der Waals surface area contributed by atoms with Gasteiger partial charge in [-0.1, -0.05) is 0 Å². The Hall–Kier alpha value is -2.48. The minimum absolute atomic E-state index is 0.0211. The van der Waals surface area contributed by atoms with Crippen LogP contribution in [0.1, 0.15) is 5.56 Å². The van der Waals surface area contributed by atoms with Gasteiger partial charge in [0.25, 0.3) is 5.91 Å². The van der Waals surface area contributed by atoms with Crippen LogP contribution in [0.5, 0.6) is 11.5 Å². The van der Waals surface area contributed by atoms with Crippen LogP contribution in [-0.2, 0) is 4.79 Å². The smallest absolute Gasteiger partial charge is 0.261 e. The number of hydrogen-bond donors (Lipinski definition) is 1. The molecule has 0 aliphatic carbocycles. The molecule has 0 fully saturated rings. The number of nitriles is 1. The van der Waals surface area contributed by atoms with Crippen molar-refractivity contribution >= 4 is 12.0 Å². The van der Waals surface area contributed by atoms with E-state index < -0.39 is 5.91 Å². The highest BCUT2D eigenvalue weighted by molar-refractivity contribution is 6.01. The summed E-state index contributed by atoms with van der Waals surface area (Å²) in [5.41, 5.74) is 0.680. The van der Waals surface area contributed by atoms with E-state index in [1.165, 1.54) is 27.3 Å². The van der Waals surface area contributed by atoms with Crippen molar-refractivity contribution in [1.29, 1.82) is 5.26 Å². The second kappa shape index (κ2) is 6.30. The maximum Gasteiger partial charge on any atom is 0.261 e. The van der Waals surface area contributed by atoms with E-state index in [-0.39, 0.29) is 5.57 Å². The molecule has 0 saturated heterocycles. The fraction of sp³-hybridized carbons (Fsp3) is 0.231. The highest BCUT2D eigenvalue weighted by atomic mass is 16.5. The number of carbonyl (C=O) groups excluding carboxylic acids is 1. The van der Waals surface area contributed by atoms with Crippen molar-refractivity contribution < 1.29 is 14.3 Å². The Balaban J connectivity index is 3.20. The van der Waals surface area contributed by atoms with Gasteiger partial charge in [0.15, 0.2) is 0 Å². The van der Waals surface area contributed by atoms with E-state index in [1.807, 2.05) is 6.07 Å². The van der Waals surface area contributed by atoms with Crippen molar-refractivity contribution in [2.24, 2.45) is 0 Å². The van der Waals surface area contributed by atoms with E-state index in [1.54, 1.807) is 18.2 Å². The molecule has 0 aliphatic rings. The molecular weight excluding hydrogens is 232 g/mol. The molecule has 0 saturated carbocycles. The third-order valence-electron chi connectivity index (χ3n) is 2.28. The number of ether oxygens (including phenoxy) is 2. The largest absolute Gasteiger partial charge is 0.497 e. The lowest BCUT2D eigenvalue weighted by atomic mass is 10.1. The zero-order valence-electron chi connectivity index (χ0n) is 10.5. The van der Waals surface area contributed by atoms with Gasteiger partial charge in [-0.15, -0.1) is 0 Å². The van der Waals surface area contributed by atoms with E-state index in [0.717, 1.165) is 0 Å². The third-order valence-corrected chi connectivity index (χ3v) is 2.28. The summed E-state index contributed by atoms with van der Waals surface area (Å²) in [5, 5.41) is 11.3. The highest BCUT2D eigenvalue weighted by Gasteiger charge is 2.07. The molecule has 1 aromatic carbocycles. The number of carbonyl (C=O) groups is 1. The molecular formula is C13H14N2O3. The maximum atomic E-state index is 11.4. The lowest BCUT2D eigenvalue weighted by Gasteiger charge is -2.06. The first-order valence-electron chi connectivity index (χ1n) is 5.21. The van der Waals surface area contributed by atoms with Gasteiger partial charge in [0.1, 0.15) is 23.1 Å². The van der Waals surface area contributed by atoms with Crippen molar-refractivity contribution in [2.75, 3.05) is 21.3 Å². The van der Waals surface area contributed by atoms with Gasteiger partial charge in [0.05, 0.1) is 14.2 Å². The summed E-state index contributed by atoms with van der Waals surface area (Å²) in [5.74, 6) is 0.754. The topological polar surface area (TPSA) is 71.4 Å². The van der Waals surface area contributed by atoms with Gasteiger partial charge in [-0.05, 0) is 23.8 Å². The van der Waals surface area contributed by atoms with Crippen LogP contribution < -0.4 is 14.8 Å². The van der Waals surface area contributed by atoms with Crippen LogP contribution in [0.2, 0.25) is 0 Å². The predicted octanol–water partition coefficient (Wildman–Crippen LogP) is 1.36. The second-order valence-electron chi connectivity index (χ2n) is 3.39. The molecule has 0 unspecified atom stereocenters. The van der Waals surface area contributed by atoms with Crippen molar-refractivity contribution in [3.8, 4) is 17.6 Å². The molecule has 5 heteroatoms. The van der Waals surface area contributed by atoms with Gasteiger partial charge in [-0.2, -0.15) is 5.26 Å². The Morgan fingerprint density at radius 2 is 1.83 bits per heavy atom. The average molecular weight is 246 g/mol. The molecule has 0 radical (unpaired) electrons. The molecule has 1 aromatic rings. The Morgan fingerprint density at radius 1 is 1.28 bits per heavy atom. The van der Waals surface area contributed by atoms with Gasteiger partial charge >= 0.3 is 0 Å². The zero-order valence-corrected chi connectivity index (χ0v) is 10.5. The fourth-order valence-corrected chi connectivity index (χ4v) is 1.36. The van der Waals surface area contributed by atoms with Crippen LogP contribution in [-0.4, -0.2) is 27.2 Å². The molecule has 1 amide bonds. The summed E-state index contributed by atoms with van der Waals surface area (Å²) in [6.45, 7) is 0. The van der Waals surface area contributed by atoms with Crippen molar-refractivity contribution in [1.82, 2.24) is 5.32 Å². The fourth-order valence-electron chi connectivity index (χ4n) is 1.36. The number of hydrogen-bond acceptors (Lipinski definition) is 4. The Kier molecular flexibility index (Phi) is 4.76.